The number of hydrogen-bond acceptors (Lipinski definition) is 3. The number of anilines is 1. The Bertz CT molecular complexity index is 708. The summed E-state index contributed by atoms with van der Waals surface area (Å²) in [6.07, 6.45) is 0.266. The average Bonchev–Trinajstić information content (AvgIpc) is 2.47. The van der Waals surface area contributed by atoms with E-state index in [1.54, 1.807) is 18.2 Å². The number of halogens is 1. The molecule has 0 bridgehead atoms. The number of amides is 1. The molecular weight excluding hydrogens is 332 g/mol. The highest BCUT2D eigenvalue weighted by molar-refractivity contribution is 9.10. The van der Waals surface area contributed by atoms with Crippen LogP contribution in [-0.4, -0.2) is 13.0 Å². The van der Waals surface area contributed by atoms with Gasteiger partial charge in [-0.2, -0.15) is 5.26 Å². The molecule has 0 aromatic heterocycles. The van der Waals surface area contributed by atoms with Gasteiger partial charge in [0.15, 0.2) is 0 Å². The maximum absolute atomic E-state index is 12.1. The van der Waals surface area contributed by atoms with Crippen LogP contribution in [-0.2, 0) is 11.2 Å². The summed E-state index contributed by atoms with van der Waals surface area (Å²) in [6.45, 7) is 0. The summed E-state index contributed by atoms with van der Waals surface area (Å²) in [5, 5.41) is 11.6. The highest BCUT2D eigenvalue weighted by atomic mass is 79.9. The third-order valence-corrected chi connectivity index (χ3v) is 3.35. The third kappa shape index (κ3) is 4.07. The van der Waals surface area contributed by atoms with Crippen LogP contribution >= 0.6 is 15.9 Å². The van der Waals surface area contributed by atoms with Crippen molar-refractivity contribution in [2.75, 3.05) is 12.4 Å². The molecule has 0 unspecified atom stereocenters. The molecule has 1 amide bonds. The van der Waals surface area contributed by atoms with Gasteiger partial charge >= 0.3 is 0 Å². The summed E-state index contributed by atoms with van der Waals surface area (Å²) in [7, 11) is 1.50. The number of nitrogens with zero attached hydrogens (tertiary/aromatic N) is 1. The van der Waals surface area contributed by atoms with Crippen LogP contribution in [0.25, 0.3) is 0 Å². The molecule has 4 nitrogen and oxygen atoms in total. The van der Waals surface area contributed by atoms with Gasteiger partial charge in [-0.15, -0.1) is 0 Å². The predicted molar refractivity (Wildman–Crippen MR) is 84.2 cm³/mol. The molecular formula is C16H13BrN2O2. The number of methoxy groups -OCH3 is 1. The quantitative estimate of drug-likeness (QED) is 0.922. The number of ether oxygens (including phenoxy) is 1. The van der Waals surface area contributed by atoms with E-state index < -0.39 is 0 Å². The Morgan fingerprint density at radius 2 is 2.14 bits per heavy atom. The second-order valence-electron chi connectivity index (χ2n) is 4.38. The van der Waals surface area contributed by atoms with Gasteiger partial charge in [-0.3, -0.25) is 4.79 Å². The highest BCUT2D eigenvalue weighted by Gasteiger charge is 2.09. The number of carbonyl (C=O) groups excluding carboxylic acids is 1. The van der Waals surface area contributed by atoms with Crippen molar-refractivity contribution in [2.24, 2.45) is 0 Å². The first kappa shape index (κ1) is 15.1. The van der Waals surface area contributed by atoms with Crippen LogP contribution in [0, 0.1) is 11.3 Å². The van der Waals surface area contributed by atoms with E-state index in [0.717, 1.165) is 10.0 Å². The summed E-state index contributed by atoms with van der Waals surface area (Å²) in [5.74, 6) is 0.327. The smallest absolute Gasteiger partial charge is 0.228 e. The van der Waals surface area contributed by atoms with Gasteiger partial charge in [0, 0.05) is 10.5 Å². The van der Waals surface area contributed by atoms with Gasteiger partial charge < -0.3 is 10.1 Å². The molecule has 0 spiro atoms. The van der Waals surface area contributed by atoms with Gasteiger partial charge in [-0.05, 0) is 29.8 Å². The monoisotopic (exact) mass is 344 g/mol. The van der Waals surface area contributed by atoms with Crippen molar-refractivity contribution in [1.82, 2.24) is 0 Å². The minimum absolute atomic E-state index is 0.142. The molecule has 21 heavy (non-hydrogen) atoms. The molecule has 2 rings (SSSR count). The summed E-state index contributed by atoms with van der Waals surface area (Å²) in [5.41, 5.74) is 1.95. The Balaban J connectivity index is 2.11. The lowest BCUT2D eigenvalue weighted by Crippen LogP contribution is -2.15. The van der Waals surface area contributed by atoms with Gasteiger partial charge in [0.2, 0.25) is 5.91 Å². The van der Waals surface area contributed by atoms with Crippen LogP contribution in [0.4, 0.5) is 5.69 Å². The lowest BCUT2D eigenvalue weighted by atomic mass is 10.1. The van der Waals surface area contributed by atoms with Crippen molar-refractivity contribution in [3.05, 3.63) is 58.1 Å². The van der Waals surface area contributed by atoms with Crippen molar-refractivity contribution < 1.29 is 9.53 Å². The third-order valence-electron chi connectivity index (χ3n) is 2.86. The maximum atomic E-state index is 12.1. The zero-order valence-corrected chi connectivity index (χ0v) is 13.0. The Morgan fingerprint density at radius 1 is 1.33 bits per heavy atom. The van der Waals surface area contributed by atoms with E-state index in [1.807, 2.05) is 30.3 Å². The zero-order valence-electron chi connectivity index (χ0n) is 11.4. The molecule has 0 heterocycles. The highest BCUT2D eigenvalue weighted by Crippen LogP contribution is 2.25. The number of benzene rings is 2. The van der Waals surface area contributed by atoms with Gasteiger partial charge in [0.05, 0.1) is 30.9 Å². The van der Waals surface area contributed by atoms with E-state index in [9.17, 15) is 4.79 Å². The van der Waals surface area contributed by atoms with Gasteiger partial charge in [-0.1, -0.05) is 28.1 Å². The van der Waals surface area contributed by atoms with Crippen molar-refractivity contribution in [3.63, 3.8) is 0 Å². The average molecular weight is 345 g/mol. The molecule has 2 aromatic carbocycles. The SMILES string of the molecule is COc1cc(C#N)ccc1NC(=O)Cc1cccc(Br)c1. The lowest BCUT2D eigenvalue weighted by molar-refractivity contribution is -0.115. The van der Waals surface area contributed by atoms with Crippen molar-refractivity contribution in [3.8, 4) is 11.8 Å². The Hall–Kier alpha value is -2.32. The maximum Gasteiger partial charge on any atom is 0.228 e. The molecule has 2 aromatic rings. The fourth-order valence-electron chi connectivity index (χ4n) is 1.89. The van der Waals surface area contributed by atoms with E-state index in [0.29, 0.717) is 17.0 Å². The topological polar surface area (TPSA) is 62.1 Å². The Kier molecular flexibility index (Phi) is 4.96. The normalized spacial score (nSPS) is 9.76. The van der Waals surface area contributed by atoms with Crippen molar-refractivity contribution in [2.45, 2.75) is 6.42 Å². The fraction of sp³-hybridized carbons (Fsp3) is 0.125. The van der Waals surface area contributed by atoms with Crippen LogP contribution in [0.1, 0.15) is 11.1 Å². The van der Waals surface area contributed by atoms with E-state index >= 15 is 0 Å². The minimum atomic E-state index is -0.142. The lowest BCUT2D eigenvalue weighted by Gasteiger charge is -2.10. The van der Waals surface area contributed by atoms with Gasteiger partial charge in [-0.25, -0.2) is 0 Å². The number of carbonyl (C=O) groups is 1. The Morgan fingerprint density at radius 3 is 2.81 bits per heavy atom. The zero-order chi connectivity index (χ0) is 15.2. The number of nitrogens with one attached hydrogen (secondary N) is 1. The van der Waals surface area contributed by atoms with Crippen LogP contribution < -0.4 is 10.1 Å². The minimum Gasteiger partial charge on any atom is -0.495 e. The second-order valence-corrected chi connectivity index (χ2v) is 5.30. The molecule has 1 N–H and O–H groups in total. The van der Waals surface area contributed by atoms with Crippen LogP contribution in [0.2, 0.25) is 0 Å². The predicted octanol–water partition coefficient (Wildman–Crippen LogP) is 3.51. The summed E-state index contributed by atoms with van der Waals surface area (Å²) < 4.78 is 6.12. The van der Waals surface area contributed by atoms with Crippen LogP contribution in [0.3, 0.4) is 0 Å². The molecule has 0 fully saturated rings. The van der Waals surface area contributed by atoms with Crippen LogP contribution in [0.15, 0.2) is 46.9 Å². The molecule has 0 saturated carbocycles. The molecule has 0 radical (unpaired) electrons. The standard InChI is InChI=1S/C16H13BrN2O2/c1-21-15-8-12(10-18)5-6-14(15)19-16(20)9-11-3-2-4-13(17)7-11/h2-8H,9H2,1H3,(H,19,20). The molecule has 106 valence electrons. The largest absolute Gasteiger partial charge is 0.495 e. The fourth-order valence-corrected chi connectivity index (χ4v) is 2.34. The van der Waals surface area contributed by atoms with E-state index in [2.05, 4.69) is 21.2 Å². The first-order valence-corrected chi connectivity index (χ1v) is 7.04. The molecule has 0 aliphatic heterocycles. The van der Waals surface area contributed by atoms with Gasteiger partial charge in [0.1, 0.15) is 5.75 Å². The summed E-state index contributed by atoms with van der Waals surface area (Å²) in [4.78, 5) is 12.1. The first-order valence-electron chi connectivity index (χ1n) is 6.25. The van der Waals surface area contributed by atoms with E-state index in [1.165, 1.54) is 7.11 Å². The first-order chi connectivity index (χ1) is 10.1. The second kappa shape index (κ2) is 6.91. The molecule has 0 saturated heterocycles. The number of hydrogen-bond donors (Lipinski definition) is 1. The number of rotatable bonds is 4. The number of nitriles is 1. The van der Waals surface area contributed by atoms with Crippen LogP contribution in [0.5, 0.6) is 5.75 Å². The van der Waals surface area contributed by atoms with Crippen molar-refractivity contribution in [1.29, 1.82) is 5.26 Å². The van der Waals surface area contributed by atoms with E-state index in [-0.39, 0.29) is 12.3 Å². The molecule has 0 aliphatic carbocycles. The summed E-state index contributed by atoms with van der Waals surface area (Å²) >= 11 is 3.38. The van der Waals surface area contributed by atoms with Crippen molar-refractivity contribution >= 4 is 27.5 Å². The summed E-state index contributed by atoms with van der Waals surface area (Å²) in [6, 6.07) is 14.5. The molecule has 0 atom stereocenters. The van der Waals surface area contributed by atoms with E-state index in [4.69, 9.17) is 10.00 Å². The molecule has 0 aliphatic rings. The van der Waals surface area contributed by atoms with Gasteiger partial charge in [0.25, 0.3) is 0 Å². The molecule has 5 heteroatoms. The Labute approximate surface area is 131 Å².